The zero-order valence-electron chi connectivity index (χ0n) is 19.7. The lowest BCUT2D eigenvalue weighted by Gasteiger charge is -2.35. The maximum atomic E-state index is 13.4. The molecule has 2 N–H and O–H groups in total. The van der Waals surface area contributed by atoms with E-state index in [1.54, 1.807) is 24.3 Å². The molecule has 1 aliphatic heterocycles. The fraction of sp³-hybridized carbons (Fsp3) is 0.357. The van der Waals surface area contributed by atoms with E-state index in [1.807, 2.05) is 12.1 Å². The summed E-state index contributed by atoms with van der Waals surface area (Å²) in [5, 5.41) is 0. The predicted octanol–water partition coefficient (Wildman–Crippen LogP) is 5.33. The summed E-state index contributed by atoms with van der Waals surface area (Å²) in [6.45, 7) is 7.28. The monoisotopic (exact) mass is 464 g/mol. The van der Waals surface area contributed by atoms with Crippen LogP contribution in [0.4, 0.5) is 25.8 Å². The highest BCUT2D eigenvalue weighted by Crippen LogP contribution is 2.26. The molecular weight excluding hydrogens is 430 g/mol. The van der Waals surface area contributed by atoms with Gasteiger partial charge >= 0.3 is 0 Å². The van der Waals surface area contributed by atoms with Gasteiger partial charge in [-0.3, -0.25) is 0 Å². The van der Waals surface area contributed by atoms with E-state index in [1.165, 1.54) is 29.8 Å². The van der Waals surface area contributed by atoms with Gasteiger partial charge in [0.25, 0.3) is 0 Å². The van der Waals surface area contributed by atoms with Gasteiger partial charge in [0.15, 0.2) is 0 Å². The Kier molecular flexibility index (Phi) is 8.50. The lowest BCUT2D eigenvalue weighted by atomic mass is 10.1. The first-order valence-corrected chi connectivity index (χ1v) is 12.1. The third-order valence-electron chi connectivity index (χ3n) is 6.52. The van der Waals surface area contributed by atoms with Crippen molar-refractivity contribution in [3.8, 4) is 0 Å². The molecule has 0 bridgehead atoms. The number of rotatable bonds is 10. The molecule has 0 atom stereocenters. The minimum Gasteiger partial charge on any atom is -0.399 e. The number of halogens is 2. The molecule has 1 saturated heterocycles. The van der Waals surface area contributed by atoms with Gasteiger partial charge in [-0.1, -0.05) is 12.1 Å². The van der Waals surface area contributed by atoms with Gasteiger partial charge in [-0.25, -0.2) is 8.78 Å². The zero-order chi connectivity index (χ0) is 23.8. The Labute approximate surface area is 201 Å². The summed E-state index contributed by atoms with van der Waals surface area (Å²) < 4.78 is 26.9. The van der Waals surface area contributed by atoms with Crippen molar-refractivity contribution in [3.05, 3.63) is 90.0 Å². The van der Waals surface area contributed by atoms with E-state index < -0.39 is 0 Å². The zero-order valence-corrected chi connectivity index (χ0v) is 19.7. The molecule has 0 amide bonds. The van der Waals surface area contributed by atoms with Crippen molar-refractivity contribution in [1.82, 2.24) is 9.80 Å². The molecule has 4 rings (SSSR count). The Morgan fingerprint density at radius 2 is 1.12 bits per heavy atom. The SMILES string of the molecule is Nc1ccc(CCCN2CCN(CCCN(c3ccc(F)cc3)c3ccc(F)cc3)CC2)cc1. The molecule has 0 aliphatic carbocycles. The van der Waals surface area contributed by atoms with Crippen molar-refractivity contribution in [2.24, 2.45) is 0 Å². The third-order valence-corrected chi connectivity index (χ3v) is 6.52. The minimum absolute atomic E-state index is 0.255. The summed E-state index contributed by atoms with van der Waals surface area (Å²) in [5.74, 6) is -0.511. The Morgan fingerprint density at radius 1 is 0.647 bits per heavy atom. The highest BCUT2D eigenvalue weighted by molar-refractivity contribution is 5.63. The van der Waals surface area contributed by atoms with Gasteiger partial charge in [-0.15, -0.1) is 0 Å². The van der Waals surface area contributed by atoms with Crippen molar-refractivity contribution >= 4 is 17.1 Å². The van der Waals surface area contributed by atoms with Crippen LogP contribution in [-0.2, 0) is 6.42 Å². The quantitative estimate of drug-likeness (QED) is 0.412. The Balaban J connectivity index is 1.21. The summed E-state index contributed by atoms with van der Waals surface area (Å²) in [6, 6.07) is 21.2. The fourth-order valence-electron chi connectivity index (χ4n) is 4.53. The largest absolute Gasteiger partial charge is 0.399 e. The van der Waals surface area contributed by atoms with Gasteiger partial charge in [-0.05, 0) is 98.6 Å². The lowest BCUT2D eigenvalue weighted by molar-refractivity contribution is 0.131. The number of aryl methyl sites for hydroxylation is 1. The molecule has 3 aromatic carbocycles. The maximum Gasteiger partial charge on any atom is 0.123 e. The van der Waals surface area contributed by atoms with Gasteiger partial charge in [0, 0.05) is 49.8 Å². The van der Waals surface area contributed by atoms with Crippen LogP contribution in [0.5, 0.6) is 0 Å². The molecule has 180 valence electrons. The first kappa shape index (κ1) is 24.2. The van der Waals surface area contributed by atoms with E-state index in [4.69, 9.17) is 5.73 Å². The second-order valence-corrected chi connectivity index (χ2v) is 8.99. The molecule has 1 aliphatic rings. The lowest BCUT2D eigenvalue weighted by Crippen LogP contribution is -2.47. The second kappa shape index (κ2) is 12.0. The maximum absolute atomic E-state index is 13.4. The van der Waals surface area contributed by atoms with Gasteiger partial charge in [-0.2, -0.15) is 0 Å². The van der Waals surface area contributed by atoms with Crippen molar-refractivity contribution in [3.63, 3.8) is 0 Å². The van der Waals surface area contributed by atoms with Crippen molar-refractivity contribution < 1.29 is 8.78 Å². The summed E-state index contributed by atoms with van der Waals surface area (Å²) in [4.78, 5) is 7.20. The van der Waals surface area contributed by atoms with Crippen LogP contribution >= 0.6 is 0 Å². The Hall–Kier alpha value is -2.96. The van der Waals surface area contributed by atoms with E-state index in [0.29, 0.717) is 0 Å². The number of hydrogen-bond acceptors (Lipinski definition) is 4. The second-order valence-electron chi connectivity index (χ2n) is 8.99. The van der Waals surface area contributed by atoms with Crippen molar-refractivity contribution in [2.75, 3.05) is 56.4 Å². The van der Waals surface area contributed by atoms with Crippen molar-refractivity contribution in [2.45, 2.75) is 19.3 Å². The van der Waals surface area contributed by atoms with Crippen LogP contribution in [0.3, 0.4) is 0 Å². The molecule has 0 saturated carbocycles. The Morgan fingerprint density at radius 3 is 1.62 bits per heavy atom. The first-order valence-electron chi connectivity index (χ1n) is 12.1. The van der Waals surface area contributed by atoms with E-state index in [9.17, 15) is 8.78 Å². The topological polar surface area (TPSA) is 35.7 Å². The van der Waals surface area contributed by atoms with Crippen LogP contribution < -0.4 is 10.6 Å². The van der Waals surface area contributed by atoms with Crippen LogP contribution in [0.25, 0.3) is 0 Å². The molecule has 1 heterocycles. The first-order chi connectivity index (χ1) is 16.6. The molecule has 0 spiro atoms. The minimum atomic E-state index is -0.255. The summed E-state index contributed by atoms with van der Waals surface area (Å²) >= 11 is 0. The Bertz CT molecular complexity index is 953. The molecule has 0 radical (unpaired) electrons. The van der Waals surface area contributed by atoms with Crippen LogP contribution in [-0.4, -0.2) is 55.6 Å². The van der Waals surface area contributed by atoms with E-state index in [-0.39, 0.29) is 11.6 Å². The average molecular weight is 465 g/mol. The third kappa shape index (κ3) is 7.02. The van der Waals surface area contributed by atoms with Gasteiger partial charge in [0.05, 0.1) is 0 Å². The van der Waals surface area contributed by atoms with Crippen LogP contribution in [0.1, 0.15) is 18.4 Å². The molecule has 3 aromatic rings. The number of benzene rings is 3. The standard InChI is InChI=1S/C28H34F2N4/c29-24-6-12-27(13-7-24)34(28-14-8-25(30)9-15-28)18-2-17-33-21-19-32(20-22-33)16-1-3-23-4-10-26(31)11-5-23/h4-15H,1-3,16-22,31H2. The molecule has 0 aromatic heterocycles. The number of hydrogen-bond donors (Lipinski definition) is 1. The molecule has 34 heavy (non-hydrogen) atoms. The van der Waals surface area contributed by atoms with Crippen molar-refractivity contribution in [1.29, 1.82) is 0 Å². The highest BCUT2D eigenvalue weighted by atomic mass is 19.1. The number of anilines is 3. The van der Waals surface area contributed by atoms with Crippen LogP contribution in [0.15, 0.2) is 72.8 Å². The predicted molar refractivity (Wildman–Crippen MR) is 136 cm³/mol. The number of nitrogens with zero attached hydrogens (tertiary/aromatic N) is 3. The molecule has 1 fully saturated rings. The average Bonchev–Trinajstić information content (AvgIpc) is 2.85. The summed E-state index contributed by atoms with van der Waals surface area (Å²) in [6.07, 6.45) is 3.23. The van der Waals surface area contributed by atoms with Crippen LogP contribution in [0.2, 0.25) is 0 Å². The molecular formula is C28H34F2N4. The smallest absolute Gasteiger partial charge is 0.123 e. The van der Waals surface area contributed by atoms with Gasteiger partial charge in [0.2, 0.25) is 0 Å². The fourth-order valence-corrected chi connectivity index (χ4v) is 4.53. The normalized spacial score (nSPS) is 14.9. The molecule has 6 heteroatoms. The highest BCUT2D eigenvalue weighted by Gasteiger charge is 2.17. The molecule has 0 unspecified atom stereocenters. The van der Waals surface area contributed by atoms with E-state index in [2.05, 4.69) is 26.8 Å². The van der Waals surface area contributed by atoms with Gasteiger partial charge < -0.3 is 20.4 Å². The summed E-state index contributed by atoms with van der Waals surface area (Å²) in [7, 11) is 0. The number of nitrogen functional groups attached to an aromatic ring is 1. The number of nitrogens with two attached hydrogens (primary N) is 1. The molecule has 4 nitrogen and oxygen atoms in total. The number of piperazine rings is 1. The van der Waals surface area contributed by atoms with Gasteiger partial charge in [0.1, 0.15) is 11.6 Å². The van der Waals surface area contributed by atoms with E-state index in [0.717, 1.165) is 82.1 Å². The summed E-state index contributed by atoms with van der Waals surface area (Å²) in [5.41, 5.74) is 9.76. The van der Waals surface area contributed by atoms with E-state index >= 15 is 0 Å². The van der Waals surface area contributed by atoms with Crippen LogP contribution in [0, 0.1) is 11.6 Å².